The zero-order valence-corrected chi connectivity index (χ0v) is 13.5. The molecule has 3 N–H and O–H groups in total. The zero-order chi connectivity index (χ0) is 18.2. The minimum absolute atomic E-state index is 0.107. The van der Waals surface area contributed by atoms with E-state index in [1.165, 1.54) is 18.7 Å². The summed E-state index contributed by atoms with van der Waals surface area (Å²) in [6.07, 6.45) is 0. The van der Waals surface area contributed by atoms with Crippen molar-refractivity contribution in [1.82, 2.24) is 14.3 Å². The van der Waals surface area contributed by atoms with Crippen molar-refractivity contribution in [2.24, 2.45) is 30.1 Å². The Morgan fingerprint density at radius 3 is 2.50 bits per heavy atom. The van der Waals surface area contributed by atoms with Crippen LogP contribution in [0.5, 0.6) is 5.88 Å². The molecule has 0 aliphatic carbocycles. The molecule has 2 aromatic rings. The second-order valence-corrected chi connectivity index (χ2v) is 5.09. The molecule has 0 aliphatic heterocycles. The maximum absolute atomic E-state index is 12.3. The monoisotopic (exact) mass is 329 g/mol. The van der Waals surface area contributed by atoms with Gasteiger partial charge < -0.3 is 10.8 Å². The van der Waals surface area contributed by atoms with E-state index in [0.29, 0.717) is 5.69 Å². The van der Waals surface area contributed by atoms with E-state index in [2.05, 4.69) is 20.2 Å². The molecule has 10 heteroatoms. The summed E-state index contributed by atoms with van der Waals surface area (Å²) < 4.78 is 2.22. The first-order chi connectivity index (χ1) is 11.2. The van der Waals surface area contributed by atoms with Crippen LogP contribution in [0, 0.1) is 20.4 Å². The highest BCUT2D eigenvalue weighted by atomic mass is 16.3. The highest BCUT2D eigenvalue weighted by molar-refractivity contribution is 5.97. The van der Waals surface area contributed by atoms with Crippen LogP contribution in [0.1, 0.15) is 21.6 Å². The molecular formula is C14H15N7O3. The fraction of sp³-hybridized carbons (Fsp3) is 0.286. The molecule has 0 atom stereocenters. The number of nitrogens with zero attached hydrogens (tertiary/aromatic N) is 6. The fourth-order valence-corrected chi connectivity index (χ4v) is 2.26. The Kier molecular flexibility index (Phi) is 4.19. The van der Waals surface area contributed by atoms with Crippen molar-refractivity contribution in [3.63, 3.8) is 0 Å². The zero-order valence-electron chi connectivity index (χ0n) is 13.5. The summed E-state index contributed by atoms with van der Waals surface area (Å²) in [4.78, 5) is 27.1. The van der Waals surface area contributed by atoms with E-state index in [4.69, 9.17) is 12.3 Å². The van der Waals surface area contributed by atoms with Gasteiger partial charge in [-0.3, -0.25) is 18.8 Å². The van der Waals surface area contributed by atoms with Crippen molar-refractivity contribution < 1.29 is 9.90 Å². The van der Waals surface area contributed by atoms with Gasteiger partial charge in [-0.15, -0.1) is 10.2 Å². The normalized spacial score (nSPS) is 11.0. The number of nitrogens with two attached hydrogens (primary N) is 1. The third-order valence-electron chi connectivity index (χ3n) is 3.54. The van der Waals surface area contributed by atoms with Gasteiger partial charge in [-0.25, -0.2) is 4.85 Å². The van der Waals surface area contributed by atoms with Gasteiger partial charge in [0.25, 0.3) is 17.2 Å². The minimum Gasteiger partial charge on any atom is -0.494 e. The number of aromatic hydroxyl groups is 1. The maximum atomic E-state index is 12.3. The smallest absolute Gasteiger partial charge is 0.281 e. The Hall–Kier alpha value is -3.48. The van der Waals surface area contributed by atoms with E-state index in [-0.39, 0.29) is 28.3 Å². The van der Waals surface area contributed by atoms with Gasteiger partial charge in [0.1, 0.15) is 5.56 Å². The number of amides is 1. The van der Waals surface area contributed by atoms with Crippen LogP contribution in [0.15, 0.2) is 15.0 Å². The number of primary amides is 1. The largest absolute Gasteiger partial charge is 0.494 e. The number of hydrogen-bond acceptors (Lipinski definition) is 6. The van der Waals surface area contributed by atoms with E-state index in [0.717, 1.165) is 4.57 Å². The Labute approximate surface area is 136 Å². The van der Waals surface area contributed by atoms with Crippen LogP contribution in [-0.2, 0) is 14.1 Å². The van der Waals surface area contributed by atoms with Crippen molar-refractivity contribution in [2.45, 2.75) is 13.8 Å². The van der Waals surface area contributed by atoms with Crippen molar-refractivity contribution in [3.05, 3.63) is 38.6 Å². The number of hydrogen-bond donors (Lipinski definition) is 2. The van der Waals surface area contributed by atoms with E-state index in [1.54, 1.807) is 14.0 Å². The van der Waals surface area contributed by atoms with Crippen LogP contribution in [0.2, 0.25) is 0 Å². The molecule has 0 aliphatic rings. The van der Waals surface area contributed by atoms with Crippen LogP contribution in [0.25, 0.3) is 4.85 Å². The summed E-state index contributed by atoms with van der Waals surface area (Å²) >= 11 is 0. The minimum atomic E-state index is -0.893. The Bertz CT molecular complexity index is 976. The van der Waals surface area contributed by atoms with Gasteiger partial charge in [-0.05, 0) is 13.8 Å². The Morgan fingerprint density at radius 2 is 1.96 bits per heavy atom. The molecule has 2 rings (SSSR count). The molecule has 0 saturated heterocycles. The molecule has 0 bridgehead atoms. The number of aromatic nitrogens is 3. The average molecular weight is 329 g/mol. The molecule has 124 valence electrons. The number of aryl methyl sites for hydroxylation is 2. The molecule has 0 unspecified atom stereocenters. The quantitative estimate of drug-likeness (QED) is 0.652. The topological polar surface area (TPSA) is 132 Å². The predicted molar refractivity (Wildman–Crippen MR) is 85.0 cm³/mol. The lowest BCUT2D eigenvalue weighted by Crippen LogP contribution is -2.23. The fourth-order valence-electron chi connectivity index (χ4n) is 2.26. The molecule has 0 fully saturated rings. The summed E-state index contributed by atoms with van der Waals surface area (Å²) in [6.45, 7) is 10.3. The molecule has 1 amide bonds. The van der Waals surface area contributed by atoms with Gasteiger partial charge in [0.15, 0.2) is 11.5 Å². The summed E-state index contributed by atoms with van der Waals surface area (Å²) in [5, 5.41) is 21.8. The van der Waals surface area contributed by atoms with E-state index >= 15 is 0 Å². The lowest BCUT2D eigenvalue weighted by molar-refractivity contribution is 0.0995. The van der Waals surface area contributed by atoms with E-state index in [9.17, 15) is 14.7 Å². The van der Waals surface area contributed by atoms with Crippen LogP contribution >= 0.6 is 0 Å². The van der Waals surface area contributed by atoms with Crippen LogP contribution in [0.3, 0.4) is 0 Å². The molecular weight excluding hydrogens is 314 g/mol. The summed E-state index contributed by atoms with van der Waals surface area (Å²) in [6, 6.07) is 0. The summed E-state index contributed by atoms with van der Waals surface area (Å²) in [7, 11) is 2.87. The lowest BCUT2D eigenvalue weighted by Gasteiger charge is -2.10. The predicted octanol–water partition coefficient (Wildman–Crippen LogP) is 1.51. The number of pyridine rings is 1. The molecule has 2 aromatic heterocycles. The van der Waals surface area contributed by atoms with Crippen LogP contribution in [-0.4, -0.2) is 25.4 Å². The first-order valence-electron chi connectivity index (χ1n) is 6.75. The van der Waals surface area contributed by atoms with Crippen LogP contribution < -0.4 is 11.3 Å². The lowest BCUT2D eigenvalue weighted by atomic mass is 10.1. The summed E-state index contributed by atoms with van der Waals surface area (Å²) in [5.74, 6) is -1.25. The Morgan fingerprint density at radius 1 is 1.33 bits per heavy atom. The van der Waals surface area contributed by atoms with Crippen molar-refractivity contribution >= 4 is 23.1 Å². The van der Waals surface area contributed by atoms with Crippen LogP contribution in [0.4, 0.5) is 17.2 Å². The van der Waals surface area contributed by atoms with Gasteiger partial charge in [0, 0.05) is 19.7 Å². The standard InChI is InChI=1S/C14H15N7O3/c1-6-8(11(15)22)13(23)20(4)14(24)9(6)17-18-12-10(16-3)7(2)19-21(12)5/h23H,1-2,4-5H3,(H2,15,22). The maximum Gasteiger partial charge on any atom is 0.281 e. The molecule has 2 heterocycles. The highest BCUT2D eigenvalue weighted by Crippen LogP contribution is 2.33. The number of carbonyl (C=O) groups excluding carboxylic acids is 1. The van der Waals surface area contributed by atoms with Gasteiger partial charge in [-0.1, -0.05) is 0 Å². The van der Waals surface area contributed by atoms with Gasteiger partial charge in [0.05, 0.1) is 12.3 Å². The summed E-state index contributed by atoms with van der Waals surface area (Å²) in [5.41, 5.74) is 5.03. The van der Waals surface area contributed by atoms with E-state index < -0.39 is 17.3 Å². The average Bonchev–Trinajstić information content (AvgIpc) is 2.78. The second kappa shape index (κ2) is 5.96. The van der Waals surface area contributed by atoms with E-state index in [1.807, 2.05) is 0 Å². The van der Waals surface area contributed by atoms with Gasteiger partial charge in [-0.2, -0.15) is 5.10 Å². The van der Waals surface area contributed by atoms with Crippen molar-refractivity contribution in [1.29, 1.82) is 0 Å². The first-order valence-corrected chi connectivity index (χ1v) is 6.75. The molecule has 10 nitrogen and oxygen atoms in total. The van der Waals surface area contributed by atoms with Gasteiger partial charge >= 0.3 is 0 Å². The van der Waals surface area contributed by atoms with Crippen molar-refractivity contribution in [3.8, 4) is 5.88 Å². The third kappa shape index (κ3) is 2.52. The Balaban J connectivity index is 2.70. The highest BCUT2D eigenvalue weighted by Gasteiger charge is 2.21. The second-order valence-electron chi connectivity index (χ2n) is 5.09. The third-order valence-corrected chi connectivity index (χ3v) is 3.54. The van der Waals surface area contributed by atoms with Crippen molar-refractivity contribution in [2.75, 3.05) is 0 Å². The van der Waals surface area contributed by atoms with Gasteiger partial charge in [0.2, 0.25) is 5.88 Å². The number of rotatable bonds is 3. The molecule has 0 saturated carbocycles. The number of carbonyl (C=O) groups is 1. The molecule has 0 radical (unpaired) electrons. The molecule has 0 aromatic carbocycles. The number of azo groups is 1. The first kappa shape index (κ1) is 16.9. The SMILES string of the molecule is [C-]#[N+]c1c(C)nn(C)c1N=Nc1c(C)c(C(N)=O)c(O)n(C)c1=O. The molecule has 0 spiro atoms. The molecule has 24 heavy (non-hydrogen) atoms.